The van der Waals surface area contributed by atoms with E-state index in [4.69, 9.17) is 16.3 Å². The molecule has 0 unspecified atom stereocenters. The Morgan fingerprint density at radius 1 is 1.26 bits per heavy atom. The first-order chi connectivity index (χ1) is 10.9. The summed E-state index contributed by atoms with van der Waals surface area (Å²) < 4.78 is 9.47. The molecule has 0 spiro atoms. The van der Waals surface area contributed by atoms with E-state index in [2.05, 4.69) is 10.1 Å². The van der Waals surface area contributed by atoms with Gasteiger partial charge in [-0.3, -0.25) is 9.59 Å². The lowest BCUT2D eigenvalue weighted by Crippen LogP contribution is -2.41. The molecule has 23 heavy (non-hydrogen) atoms. The second-order valence-electron chi connectivity index (χ2n) is 4.61. The van der Waals surface area contributed by atoms with E-state index >= 15 is 0 Å². The summed E-state index contributed by atoms with van der Waals surface area (Å²) in [4.78, 5) is 36.6. The van der Waals surface area contributed by atoms with Crippen molar-refractivity contribution in [1.29, 1.82) is 0 Å². The van der Waals surface area contributed by atoms with Crippen LogP contribution in [0, 0.1) is 0 Å². The molecule has 0 aromatic heterocycles. The third kappa shape index (κ3) is 5.54. The van der Waals surface area contributed by atoms with Gasteiger partial charge in [-0.1, -0.05) is 11.6 Å². The van der Waals surface area contributed by atoms with Crippen LogP contribution in [0.2, 0.25) is 5.02 Å². The van der Waals surface area contributed by atoms with E-state index in [1.165, 1.54) is 44.2 Å². The molecule has 0 atom stereocenters. The summed E-state index contributed by atoms with van der Waals surface area (Å²) in [6, 6.07) is 4.37. The third-order valence-corrected chi connectivity index (χ3v) is 3.29. The van der Waals surface area contributed by atoms with Gasteiger partial charge in [0.15, 0.2) is 0 Å². The minimum absolute atomic E-state index is 0.219. The number of benzene rings is 1. The average molecular weight is 343 g/mol. The molecule has 1 aromatic carbocycles. The van der Waals surface area contributed by atoms with Crippen LogP contribution in [-0.4, -0.2) is 51.7 Å². The zero-order chi connectivity index (χ0) is 17.4. The second-order valence-corrected chi connectivity index (χ2v) is 5.01. The van der Waals surface area contributed by atoms with Gasteiger partial charge in [-0.05, 0) is 18.2 Å². The first-order valence-corrected chi connectivity index (χ1v) is 7.20. The maximum absolute atomic E-state index is 11.9. The number of methoxy groups -OCH3 is 2. The summed E-state index contributed by atoms with van der Waals surface area (Å²) in [7, 11) is 2.77. The summed E-state index contributed by atoms with van der Waals surface area (Å²) in [6.07, 6.45) is 0. The van der Waals surface area contributed by atoms with Crippen LogP contribution in [-0.2, 0) is 19.1 Å². The molecule has 0 radical (unpaired) electrons. The lowest BCUT2D eigenvalue weighted by molar-refractivity contribution is -0.123. The minimum atomic E-state index is -0.559. The van der Waals surface area contributed by atoms with Gasteiger partial charge in [0.2, 0.25) is 11.8 Å². The molecule has 0 bridgehead atoms. The summed E-state index contributed by atoms with van der Waals surface area (Å²) in [5.41, 5.74) is 0.502. The van der Waals surface area contributed by atoms with Crippen molar-refractivity contribution >= 4 is 35.1 Å². The fourth-order valence-corrected chi connectivity index (χ4v) is 2.04. The van der Waals surface area contributed by atoms with E-state index in [-0.39, 0.29) is 34.6 Å². The lowest BCUT2D eigenvalue weighted by atomic mass is 10.2. The quantitative estimate of drug-likeness (QED) is 0.595. The minimum Gasteiger partial charge on any atom is -0.465 e. The fraction of sp³-hybridized carbons (Fsp3) is 0.400. The van der Waals surface area contributed by atoms with Gasteiger partial charge in [-0.2, -0.15) is 0 Å². The van der Waals surface area contributed by atoms with Crippen LogP contribution in [0.15, 0.2) is 18.2 Å². The van der Waals surface area contributed by atoms with E-state index < -0.39 is 5.97 Å². The van der Waals surface area contributed by atoms with Crippen molar-refractivity contribution in [3.8, 4) is 0 Å². The van der Waals surface area contributed by atoms with Crippen molar-refractivity contribution in [2.24, 2.45) is 0 Å². The molecule has 7 nitrogen and oxygen atoms in total. The number of nitrogens with zero attached hydrogens (tertiary/aromatic N) is 1. The van der Waals surface area contributed by atoms with Crippen molar-refractivity contribution in [3.05, 3.63) is 28.8 Å². The maximum atomic E-state index is 11.9. The van der Waals surface area contributed by atoms with Crippen molar-refractivity contribution < 1.29 is 23.9 Å². The van der Waals surface area contributed by atoms with Gasteiger partial charge in [0.1, 0.15) is 6.54 Å². The molecule has 1 N–H and O–H groups in total. The first kappa shape index (κ1) is 18.9. The van der Waals surface area contributed by atoms with Gasteiger partial charge in [0.25, 0.3) is 0 Å². The van der Waals surface area contributed by atoms with Gasteiger partial charge in [-0.15, -0.1) is 0 Å². The highest BCUT2D eigenvalue weighted by Gasteiger charge is 2.20. The molecule has 0 saturated carbocycles. The predicted octanol–water partition coefficient (Wildman–Crippen LogP) is 1.24. The van der Waals surface area contributed by atoms with E-state index in [1.807, 2.05) is 0 Å². The Labute approximate surface area is 139 Å². The Morgan fingerprint density at radius 3 is 2.52 bits per heavy atom. The van der Waals surface area contributed by atoms with E-state index in [0.29, 0.717) is 13.2 Å². The Balaban J connectivity index is 2.99. The molecule has 0 fully saturated rings. The summed E-state index contributed by atoms with van der Waals surface area (Å²) in [5.74, 6) is -1.30. The number of hydrogen-bond donors (Lipinski definition) is 1. The molecule has 8 heteroatoms. The molecule has 2 amide bonds. The molecule has 0 saturated heterocycles. The molecule has 126 valence electrons. The van der Waals surface area contributed by atoms with Crippen LogP contribution in [0.5, 0.6) is 0 Å². The summed E-state index contributed by atoms with van der Waals surface area (Å²) in [6.45, 7) is 1.79. The molecule has 1 rings (SSSR count). The van der Waals surface area contributed by atoms with Crippen molar-refractivity contribution in [2.75, 3.05) is 38.8 Å². The third-order valence-electron chi connectivity index (χ3n) is 2.97. The Kier molecular flexibility index (Phi) is 7.50. The predicted molar refractivity (Wildman–Crippen MR) is 85.7 cm³/mol. The lowest BCUT2D eigenvalue weighted by Gasteiger charge is -2.22. The Hall–Kier alpha value is -2.12. The Morgan fingerprint density at radius 2 is 1.96 bits per heavy atom. The standard InChI is InChI=1S/C15H19ClN2O5/c1-10(19)18(9-14(20)17-6-7-22-2)13-8-11(15(21)23-3)4-5-12(13)16/h4-5,8H,6-7,9H2,1-3H3,(H,17,20). The SMILES string of the molecule is COCCNC(=O)CN(C(C)=O)c1cc(C(=O)OC)ccc1Cl. The number of carbonyl (C=O) groups is 3. The van der Waals surface area contributed by atoms with E-state index in [0.717, 1.165) is 0 Å². The van der Waals surface area contributed by atoms with Crippen molar-refractivity contribution in [2.45, 2.75) is 6.92 Å². The average Bonchev–Trinajstić information content (AvgIpc) is 2.52. The van der Waals surface area contributed by atoms with Crippen molar-refractivity contribution in [3.63, 3.8) is 0 Å². The fourth-order valence-electron chi connectivity index (χ4n) is 1.82. The number of hydrogen-bond acceptors (Lipinski definition) is 5. The number of anilines is 1. The molecule has 0 aliphatic carbocycles. The van der Waals surface area contributed by atoms with E-state index in [9.17, 15) is 14.4 Å². The summed E-state index contributed by atoms with van der Waals surface area (Å²) >= 11 is 6.10. The highest BCUT2D eigenvalue weighted by Crippen LogP contribution is 2.27. The topological polar surface area (TPSA) is 84.9 Å². The number of rotatable bonds is 7. The normalized spacial score (nSPS) is 10.1. The van der Waals surface area contributed by atoms with Crippen LogP contribution < -0.4 is 10.2 Å². The van der Waals surface area contributed by atoms with Crippen LogP contribution in [0.3, 0.4) is 0 Å². The van der Waals surface area contributed by atoms with Gasteiger partial charge in [-0.25, -0.2) is 4.79 Å². The number of amides is 2. The number of nitrogens with one attached hydrogen (secondary N) is 1. The molecule has 0 heterocycles. The highest BCUT2D eigenvalue weighted by atomic mass is 35.5. The molecular weight excluding hydrogens is 324 g/mol. The molecule has 0 aliphatic heterocycles. The molecular formula is C15H19ClN2O5. The monoisotopic (exact) mass is 342 g/mol. The van der Waals surface area contributed by atoms with Gasteiger partial charge in [0, 0.05) is 20.6 Å². The number of ether oxygens (including phenoxy) is 2. The number of carbonyl (C=O) groups excluding carboxylic acids is 3. The summed E-state index contributed by atoms with van der Waals surface area (Å²) in [5, 5.41) is 2.86. The zero-order valence-corrected chi connectivity index (χ0v) is 14.0. The van der Waals surface area contributed by atoms with Crippen LogP contribution in [0.4, 0.5) is 5.69 Å². The smallest absolute Gasteiger partial charge is 0.337 e. The van der Waals surface area contributed by atoms with Gasteiger partial charge in [0.05, 0.1) is 30.0 Å². The zero-order valence-electron chi connectivity index (χ0n) is 13.2. The van der Waals surface area contributed by atoms with Crippen LogP contribution in [0.25, 0.3) is 0 Å². The Bertz CT molecular complexity index is 591. The van der Waals surface area contributed by atoms with E-state index in [1.54, 1.807) is 0 Å². The maximum Gasteiger partial charge on any atom is 0.337 e. The first-order valence-electron chi connectivity index (χ1n) is 6.82. The van der Waals surface area contributed by atoms with Gasteiger partial charge >= 0.3 is 5.97 Å². The van der Waals surface area contributed by atoms with Gasteiger partial charge < -0.3 is 19.7 Å². The largest absolute Gasteiger partial charge is 0.465 e. The molecule has 1 aromatic rings. The number of esters is 1. The number of halogens is 1. The second kappa shape index (κ2) is 9.12. The van der Waals surface area contributed by atoms with Crippen molar-refractivity contribution in [1.82, 2.24) is 5.32 Å². The van der Waals surface area contributed by atoms with Crippen LogP contribution >= 0.6 is 11.6 Å². The molecule has 0 aliphatic rings. The highest BCUT2D eigenvalue weighted by molar-refractivity contribution is 6.34. The van der Waals surface area contributed by atoms with Crippen LogP contribution in [0.1, 0.15) is 17.3 Å².